The first-order valence-corrected chi connectivity index (χ1v) is 8.38. The van der Waals surface area contributed by atoms with Crippen molar-refractivity contribution in [2.45, 2.75) is 13.0 Å². The van der Waals surface area contributed by atoms with Gasteiger partial charge >= 0.3 is 6.01 Å². The van der Waals surface area contributed by atoms with Crippen LogP contribution >= 0.6 is 12.0 Å². The molecule has 104 valence electrons. The van der Waals surface area contributed by atoms with Crippen molar-refractivity contribution in [3.8, 4) is 6.01 Å². The molecule has 19 heavy (non-hydrogen) atoms. The van der Waals surface area contributed by atoms with Crippen LogP contribution in [0.5, 0.6) is 6.01 Å². The van der Waals surface area contributed by atoms with Gasteiger partial charge in [0.2, 0.25) is 0 Å². The van der Waals surface area contributed by atoms with Crippen LogP contribution in [0.25, 0.3) is 11.0 Å². The molecule has 0 saturated carbocycles. The summed E-state index contributed by atoms with van der Waals surface area (Å²) in [5.41, 5.74) is 1.67. The van der Waals surface area contributed by atoms with Gasteiger partial charge in [-0.25, -0.2) is 0 Å². The van der Waals surface area contributed by atoms with Crippen molar-refractivity contribution < 1.29 is 17.2 Å². The Kier molecular flexibility index (Phi) is 4.33. The molecule has 8 heteroatoms. The number of hydrogen-bond acceptors (Lipinski definition) is 5. The lowest BCUT2D eigenvalue weighted by Crippen LogP contribution is -2.08. The van der Waals surface area contributed by atoms with Gasteiger partial charge in [-0.1, -0.05) is 12.1 Å². The Morgan fingerprint density at radius 2 is 2.16 bits per heavy atom. The van der Waals surface area contributed by atoms with Crippen LogP contribution in [-0.2, 0) is 16.7 Å². The summed E-state index contributed by atoms with van der Waals surface area (Å²) >= 11 is 1.17. The van der Waals surface area contributed by atoms with Gasteiger partial charge in [0.05, 0.1) is 28.8 Å². The van der Waals surface area contributed by atoms with Gasteiger partial charge in [-0.3, -0.25) is 9.12 Å². The predicted molar refractivity (Wildman–Crippen MR) is 74.9 cm³/mol. The van der Waals surface area contributed by atoms with Gasteiger partial charge in [-0.05, 0) is 18.6 Å². The average Bonchev–Trinajstić information content (AvgIpc) is 2.67. The predicted octanol–water partition coefficient (Wildman–Crippen LogP) is 1.97. The van der Waals surface area contributed by atoms with Crippen LogP contribution < -0.4 is 4.18 Å². The number of para-hydroxylation sites is 2. The zero-order chi connectivity index (χ0) is 13.9. The fraction of sp³-hybridized carbons (Fsp3) is 0.364. The maximum atomic E-state index is 10.7. The van der Waals surface area contributed by atoms with Gasteiger partial charge in [-0.2, -0.15) is 13.4 Å². The number of imidazole rings is 1. The molecule has 6 nitrogen and oxygen atoms in total. The first kappa shape index (κ1) is 14.2. The molecule has 0 atom stereocenters. The van der Waals surface area contributed by atoms with Crippen molar-refractivity contribution in [2.75, 3.05) is 12.0 Å². The summed E-state index contributed by atoms with van der Waals surface area (Å²) in [5, 5.41) is 0. The highest BCUT2D eigenvalue weighted by Crippen LogP contribution is 2.23. The Labute approximate surface area is 115 Å². The molecule has 0 spiro atoms. The van der Waals surface area contributed by atoms with Crippen molar-refractivity contribution >= 4 is 33.2 Å². The molecule has 0 fully saturated rings. The Morgan fingerprint density at radius 3 is 2.84 bits per heavy atom. The second kappa shape index (κ2) is 5.81. The van der Waals surface area contributed by atoms with Crippen molar-refractivity contribution in [1.29, 1.82) is 0 Å². The molecule has 1 N–H and O–H groups in total. The monoisotopic (exact) mass is 302 g/mol. The van der Waals surface area contributed by atoms with Crippen LogP contribution in [-0.4, -0.2) is 34.5 Å². The van der Waals surface area contributed by atoms with E-state index in [9.17, 15) is 8.42 Å². The lowest BCUT2D eigenvalue weighted by atomic mass is 10.3. The van der Waals surface area contributed by atoms with E-state index in [1.54, 1.807) is 10.8 Å². The van der Waals surface area contributed by atoms with Crippen molar-refractivity contribution in [3.63, 3.8) is 0 Å². The summed E-state index contributed by atoms with van der Waals surface area (Å²) in [6, 6.07) is 7.95. The number of benzene rings is 1. The van der Waals surface area contributed by atoms with E-state index in [0.29, 0.717) is 19.0 Å². The Morgan fingerprint density at radius 1 is 1.42 bits per heavy atom. The van der Waals surface area contributed by atoms with Crippen molar-refractivity contribution in [1.82, 2.24) is 9.55 Å². The molecular formula is C11H14N2O4S2. The molecule has 0 aliphatic rings. The smallest absolute Gasteiger partial charge is 0.309 e. The molecule has 0 saturated heterocycles. The van der Waals surface area contributed by atoms with Gasteiger partial charge in [0.25, 0.3) is 10.1 Å². The Hall–Kier alpha value is -1.25. The van der Waals surface area contributed by atoms with E-state index in [1.807, 2.05) is 24.3 Å². The number of fused-ring (bicyclic) bond motifs is 1. The van der Waals surface area contributed by atoms with Crippen LogP contribution in [0, 0.1) is 0 Å². The molecule has 1 heterocycles. The summed E-state index contributed by atoms with van der Waals surface area (Å²) in [7, 11) is -3.94. The minimum absolute atomic E-state index is 0.280. The molecule has 0 aliphatic heterocycles. The number of nitrogens with zero attached hydrogens (tertiary/aromatic N) is 2. The molecular weight excluding hydrogens is 288 g/mol. The zero-order valence-electron chi connectivity index (χ0n) is 10.3. The second-order valence-corrected chi connectivity index (χ2v) is 6.00. The number of rotatable bonds is 6. The normalized spacial score (nSPS) is 11.9. The zero-order valence-corrected chi connectivity index (χ0v) is 11.9. The van der Waals surface area contributed by atoms with E-state index in [4.69, 9.17) is 8.74 Å². The van der Waals surface area contributed by atoms with E-state index in [0.717, 1.165) is 11.0 Å². The molecule has 0 aliphatic carbocycles. The van der Waals surface area contributed by atoms with E-state index in [1.165, 1.54) is 12.0 Å². The quantitative estimate of drug-likeness (QED) is 0.649. The summed E-state index contributed by atoms with van der Waals surface area (Å²) < 4.78 is 37.4. The minimum Gasteiger partial charge on any atom is -0.391 e. The highest BCUT2D eigenvalue weighted by Gasteiger charge is 2.12. The SMILES string of the molecule is CSOc1nc2ccccc2n1CCCS(=O)(=O)O. The molecule has 2 rings (SSSR count). The lowest BCUT2D eigenvalue weighted by molar-refractivity contribution is 0.474. The molecule has 1 aromatic heterocycles. The first-order chi connectivity index (χ1) is 9.01. The third kappa shape index (κ3) is 3.62. The molecule has 0 radical (unpaired) electrons. The summed E-state index contributed by atoms with van der Waals surface area (Å²) in [6.45, 7) is 0.413. The van der Waals surface area contributed by atoms with Crippen LogP contribution in [0.3, 0.4) is 0 Å². The second-order valence-electron chi connectivity index (χ2n) is 3.92. The topological polar surface area (TPSA) is 81.4 Å². The average molecular weight is 302 g/mol. The molecule has 1 aromatic carbocycles. The number of hydrogen-bond donors (Lipinski definition) is 1. The minimum atomic E-state index is -3.94. The largest absolute Gasteiger partial charge is 0.391 e. The van der Waals surface area contributed by atoms with E-state index >= 15 is 0 Å². The highest BCUT2D eigenvalue weighted by molar-refractivity contribution is 7.94. The van der Waals surface area contributed by atoms with Gasteiger partial charge in [0.15, 0.2) is 0 Å². The van der Waals surface area contributed by atoms with Gasteiger partial charge in [-0.15, -0.1) is 0 Å². The van der Waals surface area contributed by atoms with E-state index in [-0.39, 0.29) is 5.75 Å². The third-order valence-electron chi connectivity index (χ3n) is 2.56. The standard InChI is InChI=1S/C11H14N2O4S2/c1-18-17-11-12-9-5-2-3-6-10(9)13(11)7-4-8-19(14,15)16/h2-3,5-6H,4,7-8H2,1H3,(H,14,15,16). The molecule has 0 amide bonds. The first-order valence-electron chi connectivity index (χ1n) is 5.62. The maximum absolute atomic E-state index is 10.7. The maximum Gasteiger partial charge on any atom is 0.309 e. The van der Waals surface area contributed by atoms with E-state index < -0.39 is 10.1 Å². The van der Waals surface area contributed by atoms with Gasteiger partial charge < -0.3 is 4.18 Å². The Bertz CT molecular complexity index is 666. The fourth-order valence-electron chi connectivity index (χ4n) is 1.81. The fourth-order valence-corrected chi connectivity index (χ4v) is 2.58. The molecule has 0 unspecified atom stereocenters. The number of aryl methyl sites for hydroxylation is 1. The van der Waals surface area contributed by atoms with Crippen LogP contribution in [0.2, 0.25) is 0 Å². The van der Waals surface area contributed by atoms with Crippen LogP contribution in [0.4, 0.5) is 0 Å². The lowest BCUT2D eigenvalue weighted by Gasteiger charge is -2.07. The van der Waals surface area contributed by atoms with Crippen molar-refractivity contribution in [3.05, 3.63) is 24.3 Å². The highest BCUT2D eigenvalue weighted by atomic mass is 32.2. The summed E-state index contributed by atoms with van der Waals surface area (Å²) in [5.74, 6) is -0.280. The molecule has 2 aromatic rings. The third-order valence-corrected chi connectivity index (χ3v) is 3.68. The van der Waals surface area contributed by atoms with Gasteiger partial charge in [0, 0.05) is 12.8 Å². The Balaban J connectivity index is 2.26. The van der Waals surface area contributed by atoms with Crippen LogP contribution in [0.1, 0.15) is 6.42 Å². The summed E-state index contributed by atoms with van der Waals surface area (Å²) in [6.07, 6.45) is 2.08. The van der Waals surface area contributed by atoms with Crippen molar-refractivity contribution in [2.24, 2.45) is 0 Å². The van der Waals surface area contributed by atoms with Gasteiger partial charge in [0.1, 0.15) is 0 Å². The number of aromatic nitrogens is 2. The molecule has 0 bridgehead atoms. The van der Waals surface area contributed by atoms with E-state index in [2.05, 4.69) is 4.98 Å². The van der Waals surface area contributed by atoms with Crippen LogP contribution in [0.15, 0.2) is 24.3 Å². The summed E-state index contributed by atoms with van der Waals surface area (Å²) in [4.78, 5) is 4.33.